The van der Waals surface area contributed by atoms with E-state index in [0.717, 1.165) is 31.2 Å². The van der Waals surface area contributed by atoms with Crippen LogP contribution in [-0.4, -0.2) is 23.7 Å². The standard InChI is InChI=1S/C16H22ClNO3/c1-2-21-16(20)11-3-6-14(7-4-11)18-10-12-9-13(17)5-8-15(12)19/h5,8-9,11,14,18-19H,2-4,6-7,10H2,1H3. The predicted octanol–water partition coefficient (Wildman–Crippen LogP) is 3.26. The molecule has 2 rings (SSSR count). The van der Waals surface area contributed by atoms with Crippen LogP contribution in [0, 0.1) is 5.92 Å². The number of carbonyl (C=O) groups is 1. The Kier molecular flexibility index (Phi) is 5.88. The Morgan fingerprint density at radius 1 is 1.38 bits per heavy atom. The van der Waals surface area contributed by atoms with Gasteiger partial charge in [-0.05, 0) is 50.8 Å². The van der Waals surface area contributed by atoms with Crippen LogP contribution in [0.25, 0.3) is 0 Å². The molecule has 0 bridgehead atoms. The molecule has 4 nitrogen and oxygen atoms in total. The molecular formula is C16H22ClNO3. The van der Waals surface area contributed by atoms with Crippen molar-refractivity contribution in [3.8, 4) is 5.75 Å². The highest BCUT2D eigenvalue weighted by Gasteiger charge is 2.26. The molecule has 0 saturated heterocycles. The second-order valence-corrected chi connectivity index (χ2v) is 5.89. The number of carbonyl (C=O) groups excluding carboxylic acids is 1. The minimum Gasteiger partial charge on any atom is -0.508 e. The number of nitrogens with one attached hydrogen (secondary N) is 1. The third kappa shape index (κ3) is 4.61. The molecule has 1 saturated carbocycles. The summed E-state index contributed by atoms with van der Waals surface area (Å²) in [7, 11) is 0. The fourth-order valence-corrected chi connectivity index (χ4v) is 2.94. The number of benzene rings is 1. The molecular weight excluding hydrogens is 290 g/mol. The number of phenolic OH excluding ortho intramolecular Hbond substituents is 1. The number of phenols is 1. The maximum Gasteiger partial charge on any atom is 0.308 e. The highest BCUT2D eigenvalue weighted by Crippen LogP contribution is 2.26. The zero-order valence-electron chi connectivity index (χ0n) is 12.3. The summed E-state index contributed by atoms with van der Waals surface area (Å²) >= 11 is 5.93. The number of rotatable bonds is 5. The predicted molar refractivity (Wildman–Crippen MR) is 82.3 cm³/mol. The molecule has 0 aromatic heterocycles. The highest BCUT2D eigenvalue weighted by atomic mass is 35.5. The van der Waals surface area contributed by atoms with Crippen molar-refractivity contribution in [1.29, 1.82) is 0 Å². The lowest BCUT2D eigenvalue weighted by atomic mass is 9.86. The average molecular weight is 312 g/mol. The quantitative estimate of drug-likeness (QED) is 0.820. The van der Waals surface area contributed by atoms with Crippen LogP contribution in [0.1, 0.15) is 38.2 Å². The Bertz CT molecular complexity index is 484. The van der Waals surface area contributed by atoms with Crippen molar-refractivity contribution in [2.24, 2.45) is 5.92 Å². The lowest BCUT2D eigenvalue weighted by Gasteiger charge is -2.28. The summed E-state index contributed by atoms with van der Waals surface area (Å²) in [6, 6.07) is 5.42. The van der Waals surface area contributed by atoms with E-state index in [1.807, 2.05) is 6.92 Å². The summed E-state index contributed by atoms with van der Waals surface area (Å²) < 4.78 is 5.07. The van der Waals surface area contributed by atoms with Crippen molar-refractivity contribution in [1.82, 2.24) is 5.32 Å². The molecule has 5 heteroatoms. The summed E-state index contributed by atoms with van der Waals surface area (Å²) in [6.45, 7) is 2.87. The van der Waals surface area contributed by atoms with Gasteiger partial charge in [0.2, 0.25) is 0 Å². The van der Waals surface area contributed by atoms with Crippen molar-refractivity contribution in [2.45, 2.75) is 45.2 Å². The van der Waals surface area contributed by atoms with Gasteiger partial charge in [0, 0.05) is 23.2 Å². The molecule has 0 radical (unpaired) electrons. The summed E-state index contributed by atoms with van der Waals surface area (Å²) in [5.74, 6) is 0.234. The third-order valence-corrected chi connectivity index (χ3v) is 4.20. The van der Waals surface area contributed by atoms with Crippen LogP contribution in [0.5, 0.6) is 5.75 Å². The second kappa shape index (κ2) is 7.66. The van der Waals surface area contributed by atoms with Gasteiger partial charge in [0.25, 0.3) is 0 Å². The zero-order valence-corrected chi connectivity index (χ0v) is 13.0. The monoisotopic (exact) mass is 311 g/mol. The molecule has 0 spiro atoms. The van der Waals surface area contributed by atoms with E-state index in [1.54, 1.807) is 18.2 Å². The molecule has 1 aromatic rings. The maximum atomic E-state index is 11.7. The number of aromatic hydroxyl groups is 1. The first-order chi connectivity index (χ1) is 10.1. The van der Waals surface area contributed by atoms with E-state index < -0.39 is 0 Å². The Balaban J connectivity index is 1.79. The fraction of sp³-hybridized carbons (Fsp3) is 0.562. The van der Waals surface area contributed by atoms with Crippen molar-refractivity contribution in [2.75, 3.05) is 6.61 Å². The summed E-state index contributed by atoms with van der Waals surface area (Å²) in [5, 5.41) is 13.8. The van der Waals surface area contributed by atoms with Crippen LogP contribution in [0.4, 0.5) is 0 Å². The minimum absolute atomic E-state index is 0.0440. The van der Waals surface area contributed by atoms with Gasteiger partial charge in [-0.2, -0.15) is 0 Å². The largest absolute Gasteiger partial charge is 0.508 e. The van der Waals surface area contributed by atoms with E-state index in [-0.39, 0.29) is 17.6 Å². The van der Waals surface area contributed by atoms with Gasteiger partial charge in [-0.25, -0.2) is 0 Å². The molecule has 21 heavy (non-hydrogen) atoms. The van der Waals surface area contributed by atoms with Crippen LogP contribution < -0.4 is 5.32 Å². The number of esters is 1. The first kappa shape index (κ1) is 16.1. The molecule has 1 fully saturated rings. The van der Waals surface area contributed by atoms with Crippen molar-refractivity contribution < 1.29 is 14.6 Å². The molecule has 0 atom stereocenters. The molecule has 1 aliphatic rings. The highest BCUT2D eigenvalue weighted by molar-refractivity contribution is 6.30. The molecule has 1 aromatic carbocycles. The first-order valence-electron chi connectivity index (χ1n) is 7.47. The Morgan fingerprint density at radius 3 is 2.76 bits per heavy atom. The van der Waals surface area contributed by atoms with Crippen LogP contribution in [0.15, 0.2) is 18.2 Å². The number of halogens is 1. The van der Waals surface area contributed by atoms with Gasteiger partial charge in [0.1, 0.15) is 5.75 Å². The van der Waals surface area contributed by atoms with Crippen molar-refractivity contribution in [3.05, 3.63) is 28.8 Å². The van der Waals surface area contributed by atoms with Gasteiger partial charge in [0.05, 0.1) is 12.5 Å². The normalized spacial score (nSPS) is 22.0. The van der Waals surface area contributed by atoms with E-state index in [2.05, 4.69) is 5.32 Å². The van der Waals surface area contributed by atoms with Gasteiger partial charge >= 0.3 is 5.97 Å². The third-order valence-electron chi connectivity index (χ3n) is 3.97. The maximum absolute atomic E-state index is 11.7. The van der Waals surface area contributed by atoms with Gasteiger partial charge in [0.15, 0.2) is 0 Å². The van der Waals surface area contributed by atoms with Crippen LogP contribution in [0.2, 0.25) is 5.02 Å². The van der Waals surface area contributed by atoms with Gasteiger partial charge in [-0.3, -0.25) is 4.79 Å². The molecule has 0 heterocycles. The van der Waals surface area contributed by atoms with Crippen LogP contribution in [-0.2, 0) is 16.1 Å². The Morgan fingerprint density at radius 2 is 2.10 bits per heavy atom. The molecule has 116 valence electrons. The lowest BCUT2D eigenvalue weighted by Crippen LogP contribution is -2.35. The number of hydrogen-bond donors (Lipinski definition) is 2. The van der Waals surface area contributed by atoms with E-state index in [4.69, 9.17) is 16.3 Å². The van der Waals surface area contributed by atoms with Gasteiger partial charge < -0.3 is 15.2 Å². The lowest BCUT2D eigenvalue weighted by molar-refractivity contribution is -0.149. The van der Waals surface area contributed by atoms with Crippen LogP contribution >= 0.6 is 11.6 Å². The Hall–Kier alpha value is -1.26. The van der Waals surface area contributed by atoms with Crippen molar-refractivity contribution in [3.63, 3.8) is 0 Å². The summed E-state index contributed by atoms with van der Waals surface area (Å²) in [6.07, 6.45) is 3.62. The van der Waals surface area contributed by atoms with E-state index in [9.17, 15) is 9.90 Å². The van der Waals surface area contributed by atoms with Gasteiger partial charge in [-0.1, -0.05) is 11.6 Å². The molecule has 2 N–H and O–H groups in total. The molecule has 0 amide bonds. The fourth-order valence-electron chi connectivity index (χ4n) is 2.74. The van der Waals surface area contributed by atoms with Crippen LogP contribution in [0.3, 0.4) is 0 Å². The molecule has 0 aliphatic heterocycles. The number of ether oxygens (including phenoxy) is 1. The molecule has 0 unspecified atom stereocenters. The van der Waals surface area contributed by atoms with E-state index in [1.165, 1.54) is 0 Å². The second-order valence-electron chi connectivity index (χ2n) is 5.45. The Labute approximate surface area is 130 Å². The van der Waals surface area contributed by atoms with Gasteiger partial charge in [-0.15, -0.1) is 0 Å². The minimum atomic E-state index is -0.0663. The molecule has 1 aliphatic carbocycles. The van der Waals surface area contributed by atoms with E-state index >= 15 is 0 Å². The average Bonchev–Trinajstić information content (AvgIpc) is 2.49. The summed E-state index contributed by atoms with van der Waals surface area (Å²) in [4.78, 5) is 11.7. The van der Waals surface area contributed by atoms with Crippen molar-refractivity contribution >= 4 is 17.6 Å². The first-order valence-corrected chi connectivity index (χ1v) is 7.85. The van der Waals surface area contributed by atoms with E-state index in [0.29, 0.717) is 24.2 Å². The zero-order chi connectivity index (χ0) is 15.2. The SMILES string of the molecule is CCOC(=O)C1CCC(NCc2cc(Cl)ccc2O)CC1. The smallest absolute Gasteiger partial charge is 0.308 e. The summed E-state index contributed by atoms with van der Waals surface area (Å²) in [5.41, 5.74) is 0.801. The number of hydrogen-bond acceptors (Lipinski definition) is 4. The topological polar surface area (TPSA) is 58.6 Å².